The highest BCUT2D eigenvalue weighted by atomic mass is 16.4. The molecule has 104 valence electrons. The third-order valence-corrected chi connectivity index (χ3v) is 2.55. The Bertz CT molecular complexity index is 735. The maximum Gasteiger partial charge on any atom is 0.356 e. The van der Waals surface area contributed by atoms with E-state index in [9.17, 15) is 9.59 Å². The molecule has 0 saturated heterocycles. The quantitative estimate of drug-likeness (QED) is 0.753. The lowest BCUT2D eigenvalue weighted by molar-refractivity contribution is 0.0692. The lowest BCUT2D eigenvalue weighted by atomic mass is 10.2. The number of nitrogens with one attached hydrogen (secondary N) is 2. The summed E-state index contributed by atoms with van der Waals surface area (Å²) in [4.78, 5) is 26.5. The fourth-order valence-corrected chi connectivity index (χ4v) is 1.65. The Morgan fingerprint density at radius 2 is 2.00 bits per heavy atom. The average Bonchev–Trinajstić information content (AvgIpc) is 2.47. The van der Waals surface area contributed by atoms with Crippen LogP contribution in [-0.2, 0) is 0 Å². The number of urea groups is 1. The van der Waals surface area contributed by atoms with E-state index in [0.717, 1.165) is 0 Å². The number of aromatic nitrogens is 1. The molecule has 1 aromatic carbocycles. The summed E-state index contributed by atoms with van der Waals surface area (Å²) in [5.41, 5.74) is 1.00. The minimum absolute atomic E-state index is 0.107. The van der Waals surface area contributed by atoms with Gasteiger partial charge in [0.05, 0.1) is 5.69 Å². The second kappa shape index (κ2) is 6.21. The Balaban J connectivity index is 2.12. The smallest absolute Gasteiger partial charge is 0.356 e. The molecule has 0 spiro atoms. The molecule has 2 amide bonds. The molecule has 0 radical (unpaired) electrons. The number of aromatic carboxylic acids is 1. The highest BCUT2D eigenvalue weighted by Crippen LogP contribution is 2.14. The number of hydrogen-bond acceptors (Lipinski definition) is 3. The number of carboxylic acids is 1. The molecular formula is C15H11N3O3. The Labute approximate surface area is 120 Å². The summed E-state index contributed by atoms with van der Waals surface area (Å²) in [6.07, 6.45) is 6.61. The van der Waals surface area contributed by atoms with Crippen LogP contribution in [0.3, 0.4) is 0 Å². The summed E-state index contributed by atoms with van der Waals surface area (Å²) >= 11 is 0. The monoisotopic (exact) mass is 281 g/mol. The fraction of sp³-hybridized carbons (Fsp3) is 0. The second-order valence-corrected chi connectivity index (χ2v) is 4.01. The first-order chi connectivity index (χ1) is 10.1. The molecular weight excluding hydrogens is 270 g/mol. The van der Waals surface area contributed by atoms with E-state index in [1.165, 1.54) is 18.3 Å². The predicted octanol–water partition coefficient (Wildman–Crippen LogP) is 2.41. The Morgan fingerprint density at radius 3 is 2.71 bits per heavy atom. The van der Waals surface area contributed by atoms with Gasteiger partial charge in [0, 0.05) is 17.4 Å². The number of amides is 2. The van der Waals surface area contributed by atoms with Crippen LogP contribution in [0, 0.1) is 12.3 Å². The van der Waals surface area contributed by atoms with Gasteiger partial charge >= 0.3 is 12.0 Å². The van der Waals surface area contributed by atoms with Crippen molar-refractivity contribution in [2.45, 2.75) is 0 Å². The van der Waals surface area contributed by atoms with Gasteiger partial charge in [-0.25, -0.2) is 14.6 Å². The van der Waals surface area contributed by atoms with E-state index in [-0.39, 0.29) is 11.4 Å². The number of carbonyl (C=O) groups is 2. The molecule has 0 unspecified atom stereocenters. The number of terminal acetylenes is 1. The minimum atomic E-state index is -1.22. The van der Waals surface area contributed by atoms with E-state index in [1.807, 2.05) is 0 Å². The normalized spacial score (nSPS) is 9.48. The van der Waals surface area contributed by atoms with Gasteiger partial charge in [0.15, 0.2) is 5.69 Å². The van der Waals surface area contributed by atoms with Crippen molar-refractivity contribution in [3.8, 4) is 12.3 Å². The number of nitrogens with zero attached hydrogens (tertiary/aromatic N) is 1. The molecule has 1 heterocycles. The van der Waals surface area contributed by atoms with Gasteiger partial charge in [0.1, 0.15) is 0 Å². The van der Waals surface area contributed by atoms with E-state index in [2.05, 4.69) is 21.5 Å². The van der Waals surface area contributed by atoms with Crippen LogP contribution in [0.25, 0.3) is 0 Å². The summed E-state index contributed by atoms with van der Waals surface area (Å²) < 4.78 is 0. The van der Waals surface area contributed by atoms with Gasteiger partial charge in [-0.1, -0.05) is 12.0 Å². The molecule has 6 nitrogen and oxygen atoms in total. The summed E-state index contributed by atoms with van der Waals surface area (Å²) in [7, 11) is 0. The maximum absolute atomic E-state index is 11.9. The fourth-order valence-electron chi connectivity index (χ4n) is 1.65. The van der Waals surface area contributed by atoms with Crippen molar-refractivity contribution in [1.29, 1.82) is 0 Å². The summed E-state index contributed by atoms with van der Waals surface area (Å²) in [5.74, 6) is 1.23. The van der Waals surface area contributed by atoms with Crippen LogP contribution in [0.4, 0.5) is 16.2 Å². The highest BCUT2D eigenvalue weighted by Gasteiger charge is 2.13. The van der Waals surface area contributed by atoms with Crippen LogP contribution >= 0.6 is 0 Å². The summed E-state index contributed by atoms with van der Waals surface area (Å²) in [6.45, 7) is 0. The number of anilines is 2. The van der Waals surface area contributed by atoms with Crippen LogP contribution < -0.4 is 10.6 Å². The Morgan fingerprint density at radius 1 is 1.19 bits per heavy atom. The van der Waals surface area contributed by atoms with Gasteiger partial charge in [0.2, 0.25) is 0 Å². The van der Waals surface area contributed by atoms with Crippen molar-refractivity contribution >= 4 is 23.4 Å². The molecule has 21 heavy (non-hydrogen) atoms. The standard InChI is InChI=1S/C15H11N3O3/c1-2-10-5-3-6-11(9-10)17-15(21)18-12-7-4-8-16-13(12)14(19)20/h1,3-9H,(H,19,20)(H2,17,18,21). The lowest BCUT2D eigenvalue weighted by Gasteiger charge is -2.09. The van der Waals surface area contributed by atoms with Gasteiger partial charge in [-0.3, -0.25) is 0 Å². The van der Waals surface area contributed by atoms with Crippen molar-refractivity contribution in [2.75, 3.05) is 10.6 Å². The minimum Gasteiger partial charge on any atom is -0.476 e. The largest absolute Gasteiger partial charge is 0.476 e. The summed E-state index contributed by atoms with van der Waals surface area (Å²) in [6, 6.07) is 9.13. The first-order valence-corrected chi connectivity index (χ1v) is 5.93. The van der Waals surface area contributed by atoms with Crippen LogP contribution in [0.1, 0.15) is 16.1 Å². The molecule has 0 bridgehead atoms. The second-order valence-electron chi connectivity index (χ2n) is 4.01. The van der Waals surface area contributed by atoms with Crippen molar-refractivity contribution in [2.24, 2.45) is 0 Å². The molecule has 0 saturated carbocycles. The third-order valence-electron chi connectivity index (χ3n) is 2.55. The van der Waals surface area contributed by atoms with E-state index in [0.29, 0.717) is 11.3 Å². The average molecular weight is 281 g/mol. The number of carbonyl (C=O) groups excluding carboxylic acids is 1. The van der Waals surface area contributed by atoms with E-state index >= 15 is 0 Å². The topological polar surface area (TPSA) is 91.3 Å². The lowest BCUT2D eigenvalue weighted by Crippen LogP contribution is -2.21. The van der Waals surface area contributed by atoms with Crippen molar-refractivity contribution in [3.05, 3.63) is 53.9 Å². The number of carboxylic acid groups (broad SMARTS) is 1. The van der Waals surface area contributed by atoms with Gasteiger partial charge in [-0.05, 0) is 30.3 Å². The third kappa shape index (κ3) is 3.58. The zero-order valence-corrected chi connectivity index (χ0v) is 10.8. The van der Waals surface area contributed by atoms with Crippen LogP contribution in [0.15, 0.2) is 42.6 Å². The zero-order valence-electron chi connectivity index (χ0n) is 10.8. The van der Waals surface area contributed by atoms with Crippen molar-refractivity contribution in [3.63, 3.8) is 0 Å². The van der Waals surface area contributed by atoms with E-state index < -0.39 is 12.0 Å². The molecule has 0 aliphatic heterocycles. The SMILES string of the molecule is C#Cc1cccc(NC(=O)Nc2cccnc2C(=O)O)c1. The maximum atomic E-state index is 11.9. The van der Waals surface area contributed by atoms with Crippen LogP contribution in [0.2, 0.25) is 0 Å². The van der Waals surface area contributed by atoms with Crippen molar-refractivity contribution in [1.82, 2.24) is 4.98 Å². The number of benzene rings is 1. The first-order valence-electron chi connectivity index (χ1n) is 5.93. The van der Waals surface area contributed by atoms with Crippen LogP contribution in [-0.4, -0.2) is 22.1 Å². The molecule has 6 heteroatoms. The van der Waals surface area contributed by atoms with Crippen LogP contribution in [0.5, 0.6) is 0 Å². The van der Waals surface area contributed by atoms with E-state index in [4.69, 9.17) is 11.5 Å². The van der Waals surface area contributed by atoms with Gasteiger partial charge in [0.25, 0.3) is 0 Å². The number of pyridine rings is 1. The van der Waals surface area contributed by atoms with Gasteiger partial charge < -0.3 is 15.7 Å². The van der Waals surface area contributed by atoms with Gasteiger partial charge in [-0.15, -0.1) is 6.42 Å². The molecule has 1 aromatic heterocycles. The Kier molecular flexibility index (Phi) is 4.17. The molecule has 2 aromatic rings. The molecule has 0 fully saturated rings. The number of hydrogen-bond donors (Lipinski definition) is 3. The first kappa shape index (κ1) is 14.1. The molecule has 2 rings (SSSR count). The number of rotatable bonds is 3. The molecule has 0 atom stereocenters. The van der Waals surface area contributed by atoms with E-state index in [1.54, 1.807) is 24.3 Å². The Hall–Kier alpha value is -3.33. The highest BCUT2D eigenvalue weighted by molar-refractivity contribution is 6.03. The molecule has 3 N–H and O–H groups in total. The molecule has 0 aliphatic carbocycles. The molecule has 0 aliphatic rings. The zero-order chi connectivity index (χ0) is 15.2. The predicted molar refractivity (Wildman–Crippen MR) is 78.2 cm³/mol. The summed E-state index contributed by atoms with van der Waals surface area (Å²) in [5, 5.41) is 14.0. The van der Waals surface area contributed by atoms with Gasteiger partial charge in [-0.2, -0.15) is 0 Å². The van der Waals surface area contributed by atoms with Crippen molar-refractivity contribution < 1.29 is 14.7 Å².